The van der Waals surface area contributed by atoms with Crippen LogP contribution >= 0.6 is 0 Å². The highest BCUT2D eigenvalue weighted by Crippen LogP contribution is 2.17. The highest BCUT2D eigenvalue weighted by molar-refractivity contribution is 6.04. The molecule has 0 aliphatic rings. The molecule has 7 heteroatoms. The van der Waals surface area contributed by atoms with Gasteiger partial charge in [0.25, 0.3) is 5.91 Å². The smallest absolute Gasteiger partial charge is 0.255 e. The number of carbonyl (C=O) groups is 1. The first-order valence-corrected chi connectivity index (χ1v) is 7.96. The molecule has 0 saturated carbocycles. The molecule has 128 valence electrons. The lowest BCUT2D eigenvalue weighted by atomic mass is 10.1. The number of nitrogens with zero attached hydrogens (tertiary/aromatic N) is 3. The number of hydrogen-bond acceptors (Lipinski definition) is 6. The lowest BCUT2D eigenvalue weighted by Crippen LogP contribution is -2.19. The van der Waals surface area contributed by atoms with Gasteiger partial charge < -0.3 is 15.2 Å². The summed E-state index contributed by atoms with van der Waals surface area (Å²) in [6.45, 7) is 4.34. The van der Waals surface area contributed by atoms with Gasteiger partial charge in [-0.1, -0.05) is 17.3 Å². The van der Waals surface area contributed by atoms with E-state index in [1.165, 1.54) is 0 Å². The molecule has 0 radical (unpaired) electrons. The Balaban J connectivity index is 1.57. The molecule has 3 aromatic rings. The van der Waals surface area contributed by atoms with Gasteiger partial charge in [-0.3, -0.25) is 9.78 Å². The SMILES string of the molecule is Cc1nc(CN[C@@H](C)c2ccc(NC(=O)c3ccncc3)cc2)no1. The molecular formula is C18H19N5O2. The summed E-state index contributed by atoms with van der Waals surface area (Å²) in [4.78, 5) is 20.2. The first kappa shape index (κ1) is 16.8. The molecule has 2 N–H and O–H groups in total. The number of aromatic nitrogens is 3. The largest absolute Gasteiger partial charge is 0.340 e. The second-order valence-electron chi connectivity index (χ2n) is 5.64. The number of aryl methyl sites for hydroxylation is 1. The lowest BCUT2D eigenvalue weighted by Gasteiger charge is -2.13. The van der Waals surface area contributed by atoms with Gasteiger partial charge in [0.05, 0.1) is 6.54 Å². The first-order chi connectivity index (χ1) is 12.1. The molecule has 0 aliphatic carbocycles. The second-order valence-corrected chi connectivity index (χ2v) is 5.64. The van der Waals surface area contributed by atoms with E-state index < -0.39 is 0 Å². The second kappa shape index (κ2) is 7.67. The number of benzene rings is 1. The first-order valence-electron chi connectivity index (χ1n) is 7.96. The van der Waals surface area contributed by atoms with Crippen molar-refractivity contribution in [3.63, 3.8) is 0 Å². The monoisotopic (exact) mass is 337 g/mol. The van der Waals surface area contributed by atoms with Gasteiger partial charge in [0.2, 0.25) is 5.89 Å². The van der Waals surface area contributed by atoms with Gasteiger partial charge in [-0.05, 0) is 36.8 Å². The van der Waals surface area contributed by atoms with Crippen LogP contribution in [-0.4, -0.2) is 21.0 Å². The minimum atomic E-state index is -0.159. The zero-order valence-corrected chi connectivity index (χ0v) is 14.1. The summed E-state index contributed by atoms with van der Waals surface area (Å²) >= 11 is 0. The molecule has 1 atom stereocenters. The molecule has 0 bridgehead atoms. The maximum atomic E-state index is 12.1. The molecule has 2 aromatic heterocycles. The Labute approximate surface area is 145 Å². The van der Waals surface area contributed by atoms with E-state index in [9.17, 15) is 4.79 Å². The van der Waals surface area contributed by atoms with Crippen molar-refractivity contribution in [1.82, 2.24) is 20.4 Å². The molecule has 0 saturated heterocycles. The van der Waals surface area contributed by atoms with Crippen molar-refractivity contribution >= 4 is 11.6 Å². The Morgan fingerprint density at radius 3 is 2.52 bits per heavy atom. The van der Waals surface area contributed by atoms with Crippen LogP contribution in [0.25, 0.3) is 0 Å². The molecule has 2 heterocycles. The van der Waals surface area contributed by atoms with Crippen LogP contribution in [-0.2, 0) is 6.54 Å². The minimum Gasteiger partial charge on any atom is -0.340 e. The third-order valence-electron chi connectivity index (χ3n) is 3.75. The van der Waals surface area contributed by atoms with E-state index >= 15 is 0 Å². The zero-order valence-electron chi connectivity index (χ0n) is 14.1. The Morgan fingerprint density at radius 2 is 1.88 bits per heavy atom. The van der Waals surface area contributed by atoms with Crippen LogP contribution in [0.4, 0.5) is 5.69 Å². The van der Waals surface area contributed by atoms with Crippen molar-refractivity contribution in [2.45, 2.75) is 26.4 Å². The van der Waals surface area contributed by atoms with Crippen molar-refractivity contribution in [3.05, 3.63) is 71.6 Å². The Kier molecular flexibility index (Phi) is 5.15. The molecule has 1 amide bonds. The van der Waals surface area contributed by atoms with Crippen molar-refractivity contribution in [3.8, 4) is 0 Å². The fourth-order valence-corrected chi connectivity index (χ4v) is 2.34. The normalized spacial score (nSPS) is 11.9. The Bertz CT molecular complexity index is 830. The number of nitrogens with one attached hydrogen (secondary N) is 2. The molecule has 3 rings (SSSR count). The molecular weight excluding hydrogens is 318 g/mol. The van der Waals surface area contributed by atoms with Crippen molar-refractivity contribution in [2.75, 3.05) is 5.32 Å². The Morgan fingerprint density at radius 1 is 1.16 bits per heavy atom. The number of hydrogen-bond donors (Lipinski definition) is 2. The lowest BCUT2D eigenvalue weighted by molar-refractivity contribution is 0.102. The van der Waals surface area contributed by atoms with Gasteiger partial charge in [0, 0.05) is 36.6 Å². The maximum absolute atomic E-state index is 12.1. The van der Waals surface area contributed by atoms with Crippen LogP contribution in [0.1, 0.15) is 40.6 Å². The average molecular weight is 337 g/mol. The van der Waals surface area contributed by atoms with Gasteiger partial charge in [0.1, 0.15) is 0 Å². The summed E-state index contributed by atoms with van der Waals surface area (Å²) in [5.74, 6) is 1.03. The molecule has 0 aliphatic heterocycles. The molecule has 0 unspecified atom stereocenters. The van der Waals surface area contributed by atoms with Crippen molar-refractivity contribution in [1.29, 1.82) is 0 Å². The number of anilines is 1. The number of carbonyl (C=O) groups excluding carboxylic acids is 1. The fraction of sp³-hybridized carbons (Fsp3) is 0.222. The summed E-state index contributed by atoms with van der Waals surface area (Å²) in [6.07, 6.45) is 3.19. The number of amides is 1. The molecule has 25 heavy (non-hydrogen) atoms. The molecule has 7 nitrogen and oxygen atoms in total. The van der Waals surface area contributed by atoms with Crippen LogP contribution in [0.5, 0.6) is 0 Å². The van der Waals surface area contributed by atoms with Gasteiger partial charge in [-0.25, -0.2) is 0 Å². The predicted octanol–water partition coefficient (Wildman–Crippen LogP) is 2.88. The summed E-state index contributed by atoms with van der Waals surface area (Å²) in [5, 5.41) is 10.1. The van der Waals surface area contributed by atoms with Crippen molar-refractivity contribution in [2.24, 2.45) is 0 Å². The van der Waals surface area contributed by atoms with E-state index in [-0.39, 0.29) is 11.9 Å². The quantitative estimate of drug-likeness (QED) is 0.718. The van der Waals surface area contributed by atoms with Crippen LogP contribution < -0.4 is 10.6 Å². The highest BCUT2D eigenvalue weighted by atomic mass is 16.5. The molecule has 1 aromatic carbocycles. The summed E-state index contributed by atoms with van der Waals surface area (Å²) < 4.78 is 4.95. The van der Waals surface area contributed by atoms with Crippen LogP contribution in [0.15, 0.2) is 53.3 Å². The van der Waals surface area contributed by atoms with E-state index in [0.717, 1.165) is 11.3 Å². The molecule has 0 spiro atoms. The highest BCUT2D eigenvalue weighted by Gasteiger charge is 2.09. The van der Waals surface area contributed by atoms with Gasteiger partial charge in [-0.15, -0.1) is 0 Å². The third kappa shape index (κ3) is 4.48. The number of pyridine rings is 1. The number of rotatable bonds is 6. The fourth-order valence-electron chi connectivity index (χ4n) is 2.34. The third-order valence-corrected chi connectivity index (χ3v) is 3.75. The molecule has 0 fully saturated rings. The summed E-state index contributed by atoms with van der Waals surface area (Å²) in [5.41, 5.74) is 2.41. The van der Waals surface area contributed by atoms with E-state index in [1.54, 1.807) is 31.5 Å². The van der Waals surface area contributed by atoms with E-state index in [0.29, 0.717) is 23.8 Å². The van der Waals surface area contributed by atoms with E-state index in [2.05, 4.69) is 32.7 Å². The predicted molar refractivity (Wildman–Crippen MR) is 92.9 cm³/mol. The summed E-state index contributed by atoms with van der Waals surface area (Å²) in [7, 11) is 0. The van der Waals surface area contributed by atoms with Crippen LogP contribution in [0, 0.1) is 6.92 Å². The zero-order chi connectivity index (χ0) is 17.6. The van der Waals surface area contributed by atoms with Gasteiger partial charge >= 0.3 is 0 Å². The standard InChI is InChI=1S/C18H19N5O2/c1-12(20-11-17-21-13(2)25-23-17)14-3-5-16(6-4-14)22-18(24)15-7-9-19-10-8-15/h3-10,12,20H,11H2,1-2H3,(H,22,24)/t12-/m0/s1. The van der Waals surface area contributed by atoms with E-state index in [1.807, 2.05) is 24.3 Å². The summed E-state index contributed by atoms with van der Waals surface area (Å²) in [6, 6.07) is 11.2. The van der Waals surface area contributed by atoms with Crippen LogP contribution in [0.2, 0.25) is 0 Å². The van der Waals surface area contributed by atoms with E-state index in [4.69, 9.17) is 4.52 Å². The van der Waals surface area contributed by atoms with Gasteiger partial charge in [-0.2, -0.15) is 4.98 Å². The minimum absolute atomic E-state index is 0.115. The Hall–Kier alpha value is -3.06. The van der Waals surface area contributed by atoms with Crippen LogP contribution in [0.3, 0.4) is 0 Å². The maximum Gasteiger partial charge on any atom is 0.255 e. The van der Waals surface area contributed by atoms with Crippen molar-refractivity contribution < 1.29 is 9.32 Å². The average Bonchev–Trinajstić information content (AvgIpc) is 3.06. The topological polar surface area (TPSA) is 92.9 Å². The van der Waals surface area contributed by atoms with Gasteiger partial charge in [0.15, 0.2) is 5.82 Å².